The number of nitrogens with zero attached hydrogens (tertiary/aromatic N) is 1. The van der Waals surface area contributed by atoms with Crippen molar-refractivity contribution in [3.8, 4) is 11.3 Å². The number of hydrogen-bond acceptors (Lipinski definition) is 6. The Hall–Kier alpha value is -3.36. The van der Waals surface area contributed by atoms with Gasteiger partial charge in [-0.2, -0.15) is 0 Å². The Morgan fingerprint density at radius 3 is 2.45 bits per heavy atom. The maximum absolute atomic E-state index is 12.3. The molecule has 0 bridgehead atoms. The topological polar surface area (TPSA) is 123 Å². The van der Waals surface area contributed by atoms with Crippen LogP contribution in [-0.2, 0) is 9.53 Å². The minimum atomic E-state index is -0.727. The van der Waals surface area contributed by atoms with E-state index in [0.717, 1.165) is 5.56 Å². The lowest BCUT2D eigenvalue weighted by atomic mass is 9.79. The number of hydrazine groups is 1. The molecule has 1 aliphatic rings. The summed E-state index contributed by atoms with van der Waals surface area (Å²) in [5.74, 6) is -0.469. The summed E-state index contributed by atoms with van der Waals surface area (Å²) in [7, 11) is 0. The zero-order valence-corrected chi connectivity index (χ0v) is 16.5. The first-order chi connectivity index (χ1) is 13.7. The zero-order chi connectivity index (χ0) is 21.0. The molecule has 0 unspecified atom stereocenters. The first-order valence-electron chi connectivity index (χ1n) is 9.33. The quantitative estimate of drug-likeness (QED) is 0.678. The van der Waals surface area contributed by atoms with E-state index in [1.165, 1.54) is 0 Å². The molecular weight excluding hydrogens is 376 g/mol. The van der Waals surface area contributed by atoms with Gasteiger partial charge in [0.1, 0.15) is 5.60 Å². The fraction of sp³-hybridized carbons (Fsp3) is 0.400. The average Bonchev–Trinajstić information content (AvgIpc) is 3.12. The molecule has 1 aromatic carbocycles. The second-order valence-corrected chi connectivity index (χ2v) is 7.90. The van der Waals surface area contributed by atoms with Crippen LogP contribution >= 0.6 is 0 Å². The van der Waals surface area contributed by atoms with E-state index in [9.17, 15) is 14.4 Å². The SMILES string of the molecule is CC(C)(C)OC(=O)NNC(=O)[C@H]1C[C@H](NC(=O)c2cc(-c3ccccc3)on2)C1. The van der Waals surface area contributed by atoms with E-state index in [0.29, 0.717) is 18.6 Å². The molecule has 1 aliphatic carbocycles. The van der Waals surface area contributed by atoms with Gasteiger partial charge in [0, 0.05) is 23.6 Å². The predicted molar refractivity (Wildman–Crippen MR) is 103 cm³/mol. The van der Waals surface area contributed by atoms with E-state index in [2.05, 4.69) is 21.3 Å². The van der Waals surface area contributed by atoms with Crippen LogP contribution in [0.3, 0.4) is 0 Å². The van der Waals surface area contributed by atoms with Crippen molar-refractivity contribution >= 4 is 17.9 Å². The van der Waals surface area contributed by atoms with Gasteiger partial charge in [0.2, 0.25) is 5.91 Å². The van der Waals surface area contributed by atoms with Crippen molar-refractivity contribution in [3.05, 3.63) is 42.1 Å². The molecule has 1 heterocycles. The highest BCUT2D eigenvalue weighted by atomic mass is 16.6. The van der Waals surface area contributed by atoms with Crippen molar-refractivity contribution in [2.24, 2.45) is 5.92 Å². The highest BCUT2D eigenvalue weighted by Crippen LogP contribution is 2.28. The lowest BCUT2D eigenvalue weighted by molar-refractivity contribution is -0.129. The van der Waals surface area contributed by atoms with Crippen molar-refractivity contribution in [2.45, 2.75) is 45.3 Å². The van der Waals surface area contributed by atoms with Crippen LogP contribution in [0.5, 0.6) is 0 Å². The Morgan fingerprint density at radius 2 is 1.79 bits per heavy atom. The molecule has 0 atom stereocenters. The van der Waals surface area contributed by atoms with Crippen LogP contribution in [-0.4, -0.2) is 34.7 Å². The van der Waals surface area contributed by atoms with Crippen LogP contribution in [0.15, 0.2) is 40.9 Å². The van der Waals surface area contributed by atoms with Crippen molar-refractivity contribution in [2.75, 3.05) is 0 Å². The number of amides is 3. The molecular formula is C20H24N4O5. The number of nitrogens with one attached hydrogen (secondary N) is 3. The normalized spacial score (nSPS) is 18.3. The maximum Gasteiger partial charge on any atom is 0.426 e. The molecule has 1 saturated carbocycles. The van der Waals surface area contributed by atoms with E-state index in [1.54, 1.807) is 26.8 Å². The maximum atomic E-state index is 12.3. The molecule has 0 spiro atoms. The van der Waals surface area contributed by atoms with E-state index in [-0.39, 0.29) is 29.5 Å². The van der Waals surface area contributed by atoms with E-state index in [4.69, 9.17) is 9.26 Å². The molecule has 29 heavy (non-hydrogen) atoms. The number of hydrogen-bond donors (Lipinski definition) is 3. The second-order valence-electron chi connectivity index (χ2n) is 7.90. The Bertz CT molecular complexity index is 882. The van der Waals surface area contributed by atoms with E-state index >= 15 is 0 Å². The van der Waals surface area contributed by atoms with Gasteiger partial charge in [0.25, 0.3) is 5.91 Å². The van der Waals surface area contributed by atoms with Crippen molar-refractivity contribution in [3.63, 3.8) is 0 Å². The molecule has 2 aromatic rings. The number of carbonyl (C=O) groups is 3. The molecule has 0 radical (unpaired) electrons. The van der Waals surface area contributed by atoms with Gasteiger partial charge in [0.15, 0.2) is 11.5 Å². The fourth-order valence-corrected chi connectivity index (χ4v) is 2.85. The highest BCUT2D eigenvalue weighted by Gasteiger charge is 2.36. The molecule has 9 nitrogen and oxygen atoms in total. The standard InChI is InChI=1S/C20H24N4O5/c1-20(2,3)28-19(27)23-22-17(25)13-9-14(10-13)21-18(26)15-11-16(29-24-15)12-7-5-4-6-8-12/h4-8,11,13-14H,9-10H2,1-3H3,(H,21,26)(H,22,25)(H,23,27)/t13-,14-. The van der Waals surface area contributed by atoms with Gasteiger partial charge in [-0.05, 0) is 33.6 Å². The van der Waals surface area contributed by atoms with Gasteiger partial charge < -0.3 is 14.6 Å². The molecule has 0 saturated heterocycles. The Labute approximate surface area is 168 Å². The zero-order valence-electron chi connectivity index (χ0n) is 16.5. The number of carbonyl (C=O) groups excluding carboxylic acids is 3. The third-order valence-corrected chi connectivity index (χ3v) is 4.33. The molecule has 0 aliphatic heterocycles. The lowest BCUT2D eigenvalue weighted by Gasteiger charge is -2.34. The average molecular weight is 400 g/mol. The van der Waals surface area contributed by atoms with Crippen LogP contribution in [0.25, 0.3) is 11.3 Å². The molecule has 3 N–H and O–H groups in total. The second kappa shape index (κ2) is 8.34. The predicted octanol–water partition coefficient (Wildman–Crippen LogP) is 2.41. The van der Waals surface area contributed by atoms with Gasteiger partial charge in [-0.3, -0.25) is 15.0 Å². The lowest BCUT2D eigenvalue weighted by Crippen LogP contribution is -2.53. The summed E-state index contributed by atoms with van der Waals surface area (Å²) in [4.78, 5) is 35.9. The molecule has 9 heteroatoms. The number of aromatic nitrogens is 1. The molecule has 3 rings (SSSR count). The summed E-state index contributed by atoms with van der Waals surface area (Å²) in [5.41, 5.74) is 4.91. The third-order valence-electron chi connectivity index (χ3n) is 4.33. The van der Waals surface area contributed by atoms with Gasteiger partial charge in [-0.25, -0.2) is 10.2 Å². The first kappa shape index (κ1) is 20.4. The van der Waals surface area contributed by atoms with Crippen LogP contribution in [0.2, 0.25) is 0 Å². The summed E-state index contributed by atoms with van der Waals surface area (Å²) >= 11 is 0. The largest absolute Gasteiger partial charge is 0.443 e. The molecule has 3 amide bonds. The molecule has 154 valence electrons. The highest BCUT2D eigenvalue weighted by molar-refractivity contribution is 5.93. The van der Waals surface area contributed by atoms with Crippen LogP contribution in [0.1, 0.15) is 44.1 Å². The van der Waals surface area contributed by atoms with Crippen LogP contribution < -0.4 is 16.2 Å². The minimum absolute atomic E-state index is 0.142. The Kier molecular flexibility index (Phi) is 5.86. The van der Waals surface area contributed by atoms with Crippen molar-refractivity contribution in [1.82, 2.24) is 21.3 Å². The number of ether oxygens (including phenoxy) is 1. The monoisotopic (exact) mass is 400 g/mol. The first-order valence-corrected chi connectivity index (χ1v) is 9.33. The summed E-state index contributed by atoms with van der Waals surface area (Å²) in [6.45, 7) is 5.18. The molecule has 1 aromatic heterocycles. The summed E-state index contributed by atoms with van der Waals surface area (Å²) in [5, 5.41) is 6.63. The summed E-state index contributed by atoms with van der Waals surface area (Å²) in [6.07, 6.45) is 0.212. The molecule has 1 fully saturated rings. The Balaban J connectivity index is 1.41. The van der Waals surface area contributed by atoms with Crippen LogP contribution in [0.4, 0.5) is 4.79 Å². The number of benzene rings is 1. The Morgan fingerprint density at radius 1 is 1.10 bits per heavy atom. The smallest absolute Gasteiger partial charge is 0.426 e. The summed E-state index contributed by atoms with van der Waals surface area (Å²) < 4.78 is 10.3. The minimum Gasteiger partial charge on any atom is -0.443 e. The fourth-order valence-electron chi connectivity index (χ4n) is 2.85. The van der Waals surface area contributed by atoms with Gasteiger partial charge in [0.05, 0.1) is 0 Å². The van der Waals surface area contributed by atoms with Crippen molar-refractivity contribution in [1.29, 1.82) is 0 Å². The van der Waals surface area contributed by atoms with Crippen LogP contribution in [0, 0.1) is 5.92 Å². The van der Waals surface area contributed by atoms with E-state index in [1.807, 2.05) is 30.3 Å². The van der Waals surface area contributed by atoms with E-state index < -0.39 is 11.7 Å². The third kappa shape index (κ3) is 5.56. The number of rotatable bonds is 4. The summed E-state index contributed by atoms with van der Waals surface area (Å²) in [6, 6.07) is 10.8. The van der Waals surface area contributed by atoms with Crippen molar-refractivity contribution < 1.29 is 23.6 Å². The van der Waals surface area contributed by atoms with Gasteiger partial charge >= 0.3 is 6.09 Å². The van der Waals surface area contributed by atoms with Gasteiger partial charge in [-0.1, -0.05) is 35.5 Å². The van der Waals surface area contributed by atoms with Gasteiger partial charge in [-0.15, -0.1) is 0 Å².